The number of thiophene rings is 1. The topological polar surface area (TPSA) is 43.6 Å². The smallest absolute Gasteiger partial charge is 0.319 e. The summed E-state index contributed by atoms with van der Waals surface area (Å²) in [5.41, 5.74) is 3.35. The number of esters is 1. The predicted octanol–water partition coefficient (Wildman–Crippen LogP) is 4.37. The Morgan fingerprint density at radius 3 is 2.60 bits per heavy atom. The minimum atomic E-state index is -0.541. The molecular formula is C20H16N2O2S. The quantitative estimate of drug-likeness (QED) is 0.515. The fraction of sp³-hybridized carbons (Fsp3) is 0.100. The van der Waals surface area contributed by atoms with Gasteiger partial charge in [0.2, 0.25) is 0 Å². The molecule has 0 aliphatic heterocycles. The van der Waals surface area contributed by atoms with Gasteiger partial charge in [0, 0.05) is 6.20 Å². The lowest BCUT2D eigenvalue weighted by Gasteiger charge is -2.16. The molecule has 4 nitrogen and oxygen atoms in total. The standard InChI is InChI=1S/C20H16N2O2S/c1-24-20(23)17(14-8-3-2-4-9-14)19-18(15-10-7-13-25-15)21-16-11-5-6-12-22(16)19/h2-13,17H,1H3. The molecule has 0 bridgehead atoms. The van der Waals surface area contributed by atoms with Crippen LogP contribution in [-0.4, -0.2) is 22.5 Å². The summed E-state index contributed by atoms with van der Waals surface area (Å²) in [4.78, 5) is 18.5. The normalized spacial score (nSPS) is 12.2. The van der Waals surface area contributed by atoms with E-state index in [-0.39, 0.29) is 5.97 Å². The highest BCUT2D eigenvalue weighted by Gasteiger charge is 2.31. The van der Waals surface area contributed by atoms with Crippen molar-refractivity contribution < 1.29 is 9.53 Å². The lowest BCUT2D eigenvalue weighted by Crippen LogP contribution is -2.18. The van der Waals surface area contributed by atoms with E-state index in [2.05, 4.69) is 0 Å². The molecule has 1 aromatic carbocycles. The van der Waals surface area contributed by atoms with Crippen molar-refractivity contribution in [3.05, 3.63) is 83.5 Å². The van der Waals surface area contributed by atoms with Crippen molar-refractivity contribution in [3.8, 4) is 10.6 Å². The molecule has 25 heavy (non-hydrogen) atoms. The minimum Gasteiger partial charge on any atom is -0.468 e. The van der Waals surface area contributed by atoms with Crippen LogP contribution < -0.4 is 0 Å². The van der Waals surface area contributed by atoms with Crippen LogP contribution in [0, 0.1) is 0 Å². The zero-order valence-electron chi connectivity index (χ0n) is 13.6. The number of carbonyl (C=O) groups is 1. The molecule has 3 heterocycles. The molecule has 0 N–H and O–H groups in total. The summed E-state index contributed by atoms with van der Waals surface area (Å²) < 4.78 is 7.11. The van der Waals surface area contributed by atoms with Crippen molar-refractivity contribution in [1.82, 2.24) is 9.38 Å². The highest BCUT2D eigenvalue weighted by molar-refractivity contribution is 7.13. The number of methoxy groups -OCH3 is 1. The van der Waals surface area contributed by atoms with Crippen LogP contribution in [0.25, 0.3) is 16.2 Å². The third-order valence-electron chi connectivity index (χ3n) is 4.16. The van der Waals surface area contributed by atoms with Crippen molar-refractivity contribution in [2.24, 2.45) is 0 Å². The van der Waals surface area contributed by atoms with Gasteiger partial charge in [-0.3, -0.25) is 4.79 Å². The summed E-state index contributed by atoms with van der Waals surface area (Å²) >= 11 is 1.61. The van der Waals surface area contributed by atoms with Crippen molar-refractivity contribution in [2.45, 2.75) is 5.92 Å². The third kappa shape index (κ3) is 2.72. The molecule has 1 atom stereocenters. The maximum Gasteiger partial charge on any atom is 0.319 e. The largest absolute Gasteiger partial charge is 0.468 e. The van der Waals surface area contributed by atoms with Crippen LogP contribution in [-0.2, 0) is 9.53 Å². The predicted molar refractivity (Wildman–Crippen MR) is 98.8 cm³/mol. The van der Waals surface area contributed by atoms with Gasteiger partial charge in [-0.15, -0.1) is 11.3 Å². The SMILES string of the molecule is COC(=O)C(c1ccccc1)c1c(-c2cccs2)nc2ccccn12. The van der Waals surface area contributed by atoms with Crippen molar-refractivity contribution >= 4 is 23.0 Å². The lowest BCUT2D eigenvalue weighted by molar-refractivity contribution is -0.141. The summed E-state index contributed by atoms with van der Waals surface area (Å²) in [7, 11) is 1.42. The molecule has 0 aliphatic carbocycles. The van der Waals surface area contributed by atoms with E-state index in [1.165, 1.54) is 7.11 Å². The average molecular weight is 348 g/mol. The van der Waals surface area contributed by atoms with E-state index < -0.39 is 5.92 Å². The molecule has 0 saturated heterocycles. The van der Waals surface area contributed by atoms with Crippen molar-refractivity contribution in [2.75, 3.05) is 7.11 Å². The summed E-state index contributed by atoms with van der Waals surface area (Å²) in [6, 6.07) is 19.5. The number of carbonyl (C=O) groups excluding carboxylic acids is 1. The number of benzene rings is 1. The van der Waals surface area contributed by atoms with Gasteiger partial charge in [-0.1, -0.05) is 42.5 Å². The maximum absolute atomic E-state index is 12.7. The molecule has 124 valence electrons. The lowest BCUT2D eigenvalue weighted by atomic mass is 9.94. The second kappa shape index (κ2) is 6.53. The number of nitrogens with zero attached hydrogens (tertiary/aromatic N) is 2. The second-order valence-electron chi connectivity index (χ2n) is 5.62. The van der Waals surface area contributed by atoms with E-state index in [4.69, 9.17) is 9.72 Å². The van der Waals surface area contributed by atoms with Crippen LogP contribution in [0.2, 0.25) is 0 Å². The molecule has 0 amide bonds. The first-order valence-corrected chi connectivity index (χ1v) is 8.81. The molecule has 4 rings (SSSR count). The van der Waals surface area contributed by atoms with E-state index in [0.717, 1.165) is 27.5 Å². The first kappa shape index (κ1) is 15.6. The van der Waals surface area contributed by atoms with E-state index >= 15 is 0 Å². The number of fused-ring (bicyclic) bond motifs is 1. The Bertz CT molecular complexity index is 1010. The Morgan fingerprint density at radius 2 is 1.88 bits per heavy atom. The van der Waals surface area contributed by atoms with E-state index in [0.29, 0.717) is 0 Å². The van der Waals surface area contributed by atoms with E-state index in [1.807, 2.05) is 76.6 Å². The Labute approximate surface area is 149 Å². The zero-order valence-corrected chi connectivity index (χ0v) is 14.4. The van der Waals surface area contributed by atoms with E-state index in [1.54, 1.807) is 11.3 Å². The van der Waals surface area contributed by atoms with Gasteiger partial charge < -0.3 is 9.14 Å². The number of pyridine rings is 1. The van der Waals surface area contributed by atoms with Gasteiger partial charge in [0.1, 0.15) is 17.3 Å². The summed E-state index contributed by atoms with van der Waals surface area (Å²) in [5, 5.41) is 2.01. The van der Waals surface area contributed by atoms with Crippen LogP contribution in [0.3, 0.4) is 0 Å². The number of rotatable bonds is 4. The van der Waals surface area contributed by atoms with Crippen LogP contribution >= 0.6 is 11.3 Å². The van der Waals surface area contributed by atoms with Gasteiger partial charge in [0.25, 0.3) is 0 Å². The fourth-order valence-electron chi connectivity index (χ4n) is 3.05. The molecule has 1 unspecified atom stereocenters. The minimum absolute atomic E-state index is 0.297. The molecule has 0 saturated carbocycles. The highest BCUT2D eigenvalue weighted by atomic mass is 32.1. The fourth-order valence-corrected chi connectivity index (χ4v) is 3.78. The maximum atomic E-state index is 12.7. The van der Waals surface area contributed by atoms with Crippen molar-refractivity contribution in [3.63, 3.8) is 0 Å². The summed E-state index contributed by atoms with van der Waals surface area (Å²) in [6.07, 6.45) is 1.94. The third-order valence-corrected chi connectivity index (χ3v) is 5.04. The second-order valence-corrected chi connectivity index (χ2v) is 6.57. The van der Waals surface area contributed by atoms with Gasteiger partial charge in [-0.25, -0.2) is 4.98 Å². The van der Waals surface area contributed by atoms with Crippen LogP contribution in [0.1, 0.15) is 17.2 Å². The molecule has 0 fully saturated rings. The Kier molecular flexibility index (Phi) is 4.07. The Hall–Kier alpha value is -2.92. The van der Waals surface area contributed by atoms with E-state index in [9.17, 15) is 4.79 Å². The van der Waals surface area contributed by atoms with Gasteiger partial charge >= 0.3 is 5.97 Å². The highest BCUT2D eigenvalue weighted by Crippen LogP contribution is 2.36. The number of aromatic nitrogens is 2. The molecule has 0 aliphatic rings. The summed E-state index contributed by atoms with van der Waals surface area (Å²) in [6.45, 7) is 0. The van der Waals surface area contributed by atoms with Gasteiger partial charge in [0.05, 0.1) is 17.7 Å². The molecule has 0 radical (unpaired) electrons. The number of ether oxygens (including phenoxy) is 1. The zero-order chi connectivity index (χ0) is 17.2. The first-order chi connectivity index (χ1) is 12.3. The Balaban J connectivity index is 2.03. The van der Waals surface area contributed by atoms with Crippen molar-refractivity contribution in [1.29, 1.82) is 0 Å². The van der Waals surface area contributed by atoms with Gasteiger partial charge in [-0.2, -0.15) is 0 Å². The first-order valence-electron chi connectivity index (χ1n) is 7.93. The number of hydrogen-bond acceptors (Lipinski definition) is 4. The van der Waals surface area contributed by atoms with Gasteiger partial charge in [0.15, 0.2) is 0 Å². The monoisotopic (exact) mass is 348 g/mol. The average Bonchev–Trinajstić information content (AvgIpc) is 3.31. The van der Waals surface area contributed by atoms with Crippen LogP contribution in [0.5, 0.6) is 0 Å². The molecule has 3 aromatic heterocycles. The number of hydrogen-bond donors (Lipinski definition) is 0. The van der Waals surface area contributed by atoms with Crippen LogP contribution in [0.15, 0.2) is 72.2 Å². The summed E-state index contributed by atoms with van der Waals surface area (Å²) in [5.74, 6) is -0.838. The number of imidazole rings is 1. The molecule has 5 heteroatoms. The molecule has 4 aromatic rings. The van der Waals surface area contributed by atoms with Crippen LogP contribution in [0.4, 0.5) is 0 Å². The molecule has 0 spiro atoms. The Morgan fingerprint density at radius 1 is 1.08 bits per heavy atom. The van der Waals surface area contributed by atoms with Gasteiger partial charge in [-0.05, 0) is 29.1 Å². The molecular weight excluding hydrogens is 332 g/mol.